The van der Waals surface area contributed by atoms with Crippen LogP contribution in [0.3, 0.4) is 0 Å². The summed E-state index contributed by atoms with van der Waals surface area (Å²) in [6.45, 7) is 6.01. The molecule has 1 aromatic rings. The van der Waals surface area contributed by atoms with E-state index in [4.69, 9.17) is 4.74 Å². The molecule has 1 unspecified atom stereocenters. The van der Waals surface area contributed by atoms with Crippen LogP contribution in [0.4, 0.5) is 0 Å². The second kappa shape index (κ2) is 4.18. The fraction of sp³-hybridized carbons (Fsp3) is 0.700. The Morgan fingerprint density at radius 2 is 2.36 bits per heavy atom. The number of halogens is 1. The van der Waals surface area contributed by atoms with E-state index in [1.807, 2.05) is 0 Å². The van der Waals surface area contributed by atoms with Gasteiger partial charge in [-0.1, -0.05) is 0 Å². The van der Waals surface area contributed by atoms with Crippen molar-refractivity contribution in [3.8, 4) is 0 Å². The first-order valence-corrected chi connectivity index (χ1v) is 6.07. The minimum Gasteiger partial charge on any atom is -0.376 e. The van der Waals surface area contributed by atoms with Crippen LogP contribution in [-0.2, 0) is 11.3 Å². The molecule has 2 heterocycles. The molecule has 0 aromatic carbocycles. The summed E-state index contributed by atoms with van der Waals surface area (Å²) in [5, 5.41) is 4.50. The number of aromatic nitrogens is 2. The summed E-state index contributed by atoms with van der Waals surface area (Å²) >= 11 is 2.35. The van der Waals surface area contributed by atoms with E-state index >= 15 is 0 Å². The third kappa shape index (κ3) is 1.95. The lowest BCUT2D eigenvalue weighted by molar-refractivity contribution is 0.0934. The lowest BCUT2D eigenvalue weighted by atomic mass is 10.2. The van der Waals surface area contributed by atoms with Crippen LogP contribution in [0.25, 0.3) is 0 Å². The Kier molecular flexibility index (Phi) is 3.11. The molecule has 78 valence electrons. The molecule has 1 aliphatic heterocycles. The third-order valence-electron chi connectivity index (χ3n) is 2.69. The lowest BCUT2D eigenvalue weighted by Crippen LogP contribution is -2.17. The minimum absolute atomic E-state index is 0.379. The van der Waals surface area contributed by atoms with Gasteiger partial charge in [0.15, 0.2) is 0 Å². The molecule has 1 saturated heterocycles. The van der Waals surface area contributed by atoms with Crippen molar-refractivity contribution in [3.63, 3.8) is 0 Å². The SMILES string of the molecule is Cc1nn(CC2CCCO2)c(C)c1I. The van der Waals surface area contributed by atoms with Crippen molar-refractivity contribution in [2.75, 3.05) is 6.61 Å². The second-order valence-corrected chi connectivity index (χ2v) is 4.88. The van der Waals surface area contributed by atoms with Crippen LogP contribution in [0.5, 0.6) is 0 Å². The minimum atomic E-state index is 0.379. The van der Waals surface area contributed by atoms with Crippen molar-refractivity contribution in [2.24, 2.45) is 0 Å². The Morgan fingerprint density at radius 3 is 2.86 bits per heavy atom. The molecule has 1 fully saturated rings. The van der Waals surface area contributed by atoms with Crippen LogP contribution in [0, 0.1) is 17.4 Å². The average molecular weight is 306 g/mol. The molecule has 1 aliphatic rings. The summed E-state index contributed by atoms with van der Waals surface area (Å²) in [6, 6.07) is 0. The maximum absolute atomic E-state index is 5.60. The molecule has 14 heavy (non-hydrogen) atoms. The van der Waals surface area contributed by atoms with Crippen LogP contribution >= 0.6 is 22.6 Å². The van der Waals surface area contributed by atoms with E-state index in [-0.39, 0.29) is 0 Å². The van der Waals surface area contributed by atoms with Crippen molar-refractivity contribution in [1.82, 2.24) is 9.78 Å². The molecular weight excluding hydrogens is 291 g/mol. The van der Waals surface area contributed by atoms with E-state index < -0.39 is 0 Å². The van der Waals surface area contributed by atoms with Crippen molar-refractivity contribution >= 4 is 22.6 Å². The number of ether oxygens (including phenoxy) is 1. The molecule has 0 N–H and O–H groups in total. The van der Waals surface area contributed by atoms with E-state index in [0.29, 0.717) is 6.10 Å². The molecular formula is C10H15IN2O. The van der Waals surface area contributed by atoms with E-state index in [2.05, 4.69) is 46.2 Å². The summed E-state index contributed by atoms with van der Waals surface area (Å²) in [5.74, 6) is 0. The topological polar surface area (TPSA) is 27.1 Å². The van der Waals surface area contributed by atoms with Gasteiger partial charge < -0.3 is 4.74 Å². The summed E-state index contributed by atoms with van der Waals surface area (Å²) < 4.78 is 8.95. The number of aryl methyl sites for hydroxylation is 1. The Morgan fingerprint density at radius 1 is 1.57 bits per heavy atom. The molecule has 0 saturated carbocycles. The van der Waals surface area contributed by atoms with E-state index in [1.54, 1.807) is 0 Å². The van der Waals surface area contributed by atoms with Crippen molar-refractivity contribution in [1.29, 1.82) is 0 Å². The van der Waals surface area contributed by atoms with Gasteiger partial charge in [0.25, 0.3) is 0 Å². The van der Waals surface area contributed by atoms with Gasteiger partial charge in [-0.2, -0.15) is 5.10 Å². The van der Waals surface area contributed by atoms with Crippen molar-refractivity contribution in [2.45, 2.75) is 39.3 Å². The van der Waals surface area contributed by atoms with Gasteiger partial charge in [-0.05, 0) is 49.3 Å². The first-order chi connectivity index (χ1) is 6.68. The van der Waals surface area contributed by atoms with Crippen LogP contribution < -0.4 is 0 Å². The highest BCUT2D eigenvalue weighted by molar-refractivity contribution is 14.1. The predicted octanol–water partition coefficient (Wildman–Crippen LogP) is 2.28. The Labute approximate surface area is 98.0 Å². The molecule has 1 atom stereocenters. The van der Waals surface area contributed by atoms with Gasteiger partial charge >= 0.3 is 0 Å². The highest BCUT2D eigenvalue weighted by Crippen LogP contribution is 2.19. The standard InChI is InChI=1S/C10H15IN2O/c1-7-10(11)8(2)13(12-7)6-9-4-3-5-14-9/h9H,3-6H2,1-2H3. The average Bonchev–Trinajstić information content (AvgIpc) is 2.73. The van der Waals surface area contributed by atoms with Gasteiger partial charge in [0, 0.05) is 12.3 Å². The zero-order chi connectivity index (χ0) is 10.1. The number of hydrogen-bond donors (Lipinski definition) is 0. The maximum Gasteiger partial charge on any atom is 0.0771 e. The van der Waals surface area contributed by atoms with Gasteiger partial charge in [-0.15, -0.1) is 0 Å². The molecule has 0 aliphatic carbocycles. The molecule has 0 spiro atoms. The van der Waals surface area contributed by atoms with Gasteiger partial charge in [-0.25, -0.2) is 0 Å². The van der Waals surface area contributed by atoms with Gasteiger partial charge in [0.2, 0.25) is 0 Å². The summed E-state index contributed by atoms with van der Waals surface area (Å²) in [4.78, 5) is 0. The molecule has 0 amide bonds. The lowest BCUT2D eigenvalue weighted by Gasteiger charge is -2.10. The molecule has 1 aromatic heterocycles. The monoisotopic (exact) mass is 306 g/mol. The molecule has 0 radical (unpaired) electrons. The summed E-state index contributed by atoms with van der Waals surface area (Å²) in [6.07, 6.45) is 2.75. The molecule has 2 rings (SSSR count). The number of rotatable bonds is 2. The zero-order valence-corrected chi connectivity index (χ0v) is 10.7. The van der Waals surface area contributed by atoms with Crippen LogP contribution in [0.2, 0.25) is 0 Å². The van der Waals surface area contributed by atoms with Crippen LogP contribution in [-0.4, -0.2) is 22.5 Å². The zero-order valence-electron chi connectivity index (χ0n) is 8.59. The normalized spacial score (nSPS) is 21.8. The molecule has 0 bridgehead atoms. The number of nitrogens with zero attached hydrogens (tertiary/aromatic N) is 2. The van der Waals surface area contributed by atoms with E-state index in [9.17, 15) is 0 Å². The molecule has 4 heteroatoms. The van der Waals surface area contributed by atoms with E-state index in [0.717, 1.165) is 18.8 Å². The summed E-state index contributed by atoms with van der Waals surface area (Å²) in [7, 11) is 0. The predicted molar refractivity (Wildman–Crippen MR) is 63.4 cm³/mol. The Bertz CT molecular complexity index is 329. The van der Waals surface area contributed by atoms with Crippen LogP contribution in [0.15, 0.2) is 0 Å². The van der Waals surface area contributed by atoms with Crippen molar-refractivity contribution in [3.05, 3.63) is 15.0 Å². The highest BCUT2D eigenvalue weighted by Gasteiger charge is 2.18. The quantitative estimate of drug-likeness (QED) is 0.784. The Balaban J connectivity index is 2.12. The van der Waals surface area contributed by atoms with Crippen LogP contribution in [0.1, 0.15) is 24.2 Å². The maximum atomic E-state index is 5.60. The molecule has 3 nitrogen and oxygen atoms in total. The summed E-state index contributed by atoms with van der Waals surface area (Å²) in [5.41, 5.74) is 2.39. The number of hydrogen-bond acceptors (Lipinski definition) is 2. The third-order valence-corrected chi connectivity index (χ3v) is 4.25. The van der Waals surface area contributed by atoms with Gasteiger partial charge in [0.05, 0.1) is 21.9 Å². The first-order valence-electron chi connectivity index (χ1n) is 4.99. The fourth-order valence-corrected chi connectivity index (χ4v) is 2.22. The first kappa shape index (κ1) is 10.4. The second-order valence-electron chi connectivity index (χ2n) is 3.80. The van der Waals surface area contributed by atoms with Gasteiger partial charge in [0.1, 0.15) is 0 Å². The van der Waals surface area contributed by atoms with E-state index in [1.165, 1.54) is 22.1 Å². The fourth-order valence-electron chi connectivity index (χ4n) is 1.83. The highest BCUT2D eigenvalue weighted by atomic mass is 127. The van der Waals surface area contributed by atoms with Crippen molar-refractivity contribution < 1.29 is 4.74 Å². The smallest absolute Gasteiger partial charge is 0.0771 e. The van der Waals surface area contributed by atoms with Gasteiger partial charge in [-0.3, -0.25) is 4.68 Å². The largest absolute Gasteiger partial charge is 0.376 e. The Hall–Kier alpha value is -0.100.